The predicted molar refractivity (Wildman–Crippen MR) is 72.2 cm³/mol. The van der Waals surface area contributed by atoms with Crippen molar-refractivity contribution in [2.45, 2.75) is 71.3 Å². The minimum absolute atomic E-state index is 0.356. The molecule has 0 aliphatic carbocycles. The molecule has 98 valence electrons. The molecular formula is C13H24N2OS. The fraction of sp³-hybridized carbons (Fsp3) is 0.846. The van der Waals surface area contributed by atoms with Crippen molar-refractivity contribution in [2.75, 3.05) is 0 Å². The lowest BCUT2D eigenvalue weighted by Crippen LogP contribution is -1.97. The van der Waals surface area contributed by atoms with E-state index in [9.17, 15) is 5.11 Å². The Morgan fingerprint density at radius 2 is 1.76 bits per heavy atom. The van der Waals surface area contributed by atoms with Crippen LogP contribution in [0.5, 0.6) is 0 Å². The summed E-state index contributed by atoms with van der Waals surface area (Å²) in [4.78, 5) is 0.941. The lowest BCUT2D eigenvalue weighted by molar-refractivity contribution is 0.166. The van der Waals surface area contributed by atoms with E-state index in [0.29, 0.717) is 0 Å². The average molecular weight is 256 g/mol. The molecule has 1 heterocycles. The van der Waals surface area contributed by atoms with Gasteiger partial charge in [-0.1, -0.05) is 56.4 Å². The zero-order chi connectivity index (χ0) is 12.5. The minimum atomic E-state index is -0.356. The maximum atomic E-state index is 9.96. The van der Waals surface area contributed by atoms with E-state index < -0.39 is 0 Å². The van der Waals surface area contributed by atoms with E-state index >= 15 is 0 Å². The predicted octanol–water partition coefficient (Wildman–Crippen LogP) is 4.02. The summed E-state index contributed by atoms with van der Waals surface area (Å²) in [6.45, 7) is 4.15. The number of hydrogen-bond acceptors (Lipinski definition) is 4. The smallest absolute Gasteiger partial charge is 0.0917 e. The number of nitrogens with zero attached hydrogens (tertiary/aromatic N) is 2. The Hall–Kier alpha value is -0.480. The van der Waals surface area contributed by atoms with Gasteiger partial charge in [0.2, 0.25) is 0 Å². The van der Waals surface area contributed by atoms with Crippen molar-refractivity contribution in [2.24, 2.45) is 0 Å². The van der Waals surface area contributed by atoms with Crippen molar-refractivity contribution in [1.82, 2.24) is 9.59 Å². The van der Waals surface area contributed by atoms with Crippen molar-refractivity contribution >= 4 is 11.5 Å². The Morgan fingerprint density at radius 3 is 2.35 bits per heavy atom. The van der Waals surface area contributed by atoms with E-state index in [4.69, 9.17) is 0 Å². The summed E-state index contributed by atoms with van der Waals surface area (Å²) in [6, 6.07) is 0. The van der Waals surface area contributed by atoms with E-state index in [0.717, 1.165) is 23.4 Å². The fourth-order valence-electron chi connectivity index (χ4n) is 1.97. The molecule has 0 spiro atoms. The van der Waals surface area contributed by atoms with Gasteiger partial charge in [0.25, 0.3) is 0 Å². The van der Waals surface area contributed by atoms with Crippen molar-refractivity contribution in [3.05, 3.63) is 10.6 Å². The number of aromatic nitrogens is 2. The van der Waals surface area contributed by atoms with Crippen molar-refractivity contribution in [3.63, 3.8) is 0 Å². The third-order valence-electron chi connectivity index (χ3n) is 3.07. The van der Waals surface area contributed by atoms with Crippen LogP contribution in [0.4, 0.5) is 0 Å². The van der Waals surface area contributed by atoms with Gasteiger partial charge in [0, 0.05) is 0 Å². The van der Waals surface area contributed by atoms with Crippen LogP contribution in [0.15, 0.2) is 0 Å². The molecule has 3 nitrogen and oxygen atoms in total. The molecule has 4 heteroatoms. The largest absolute Gasteiger partial charge is 0.387 e. The fourth-order valence-corrected chi connectivity index (χ4v) is 2.63. The second kappa shape index (κ2) is 8.59. The Labute approximate surface area is 108 Å². The highest BCUT2D eigenvalue weighted by molar-refractivity contribution is 7.05. The van der Waals surface area contributed by atoms with Crippen molar-refractivity contribution < 1.29 is 5.11 Å². The third kappa shape index (κ3) is 5.59. The van der Waals surface area contributed by atoms with Gasteiger partial charge in [0.05, 0.1) is 16.7 Å². The van der Waals surface area contributed by atoms with Crippen LogP contribution < -0.4 is 0 Å². The number of hydrogen-bond donors (Lipinski definition) is 1. The van der Waals surface area contributed by atoms with Gasteiger partial charge in [0.1, 0.15) is 0 Å². The number of aliphatic hydroxyl groups excluding tert-OH is 1. The Morgan fingerprint density at radius 1 is 1.12 bits per heavy atom. The van der Waals surface area contributed by atoms with E-state index in [1.807, 2.05) is 6.92 Å². The normalized spacial score (nSPS) is 12.9. The van der Waals surface area contributed by atoms with Gasteiger partial charge in [0.15, 0.2) is 0 Å². The topological polar surface area (TPSA) is 46.0 Å². The van der Waals surface area contributed by atoms with Crippen LogP contribution in [-0.4, -0.2) is 14.7 Å². The van der Waals surface area contributed by atoms with Crippen LogP contribution in [0.25, 0.3) is 0 Å². The molecule has 0 saturated heterocycles. The highest BCUT2D eigenvalue weighted by Crippen LogP contribution is 2.24. The second-order valence-electron chi connectivity index (χ2n) is 4.65. The molecule has 0 bridgehead atoms. The molecular weight excluding hydrogens is 232 g/mol. The molecule has 0 aliphatic heterocycles. The minimum Gasteiger partial charge on any atom is -0.387 e. The van der Waals surface area contributed by atoms with Crippen LogP contribution in [0.3, 0.4) is 0 Å². The molecule has 1 N–H and O–H groups in total. The first-order valence-corrected chi connectivity index (χ1v) is 7.50. The lowest BCUT2D eigenvalue weighted by Gasteiger charge is -2.08. The van der Waals surface area contributed by atoms with E-state index in [-0.39, 0.29) is 6.10 Å². The SMILES string of the molecule is CCCCCCCCCC(O)c1snnc1C. The first-order chi connectivity index (χ1) is 8.25. The van der Waals surface area contributed by atoms with Gasteiger partial charge in [-0.15, -0.1) is 5.10 Å². The lowest BCUT2D eigenvalue weighted by atomic mass is 10.1. The zero-order valence-electron chi connectivity index (χ0n) is 11.0. The summed E-state index contributed by atoms with van der Waals surface area (Å²) >= 11 is 1.32. The van der Waals surface area contributed by atoms with Gasteiger partial charge in [-0.05, 0) is 24.9 Å². The molecule has 1 atom stereocenters. The average Bonchev–Trinajstić information content (AvgIpc) is 2.74. The van der Waals surface area contributed by atoms with Gasteiger partial charge in [-0.25, -0.2) is 0 Å². The molecule has 1 aromatic rings. The van der Waals surface area contributed by atoms with Crippen LogP contribution >= 0.6 is 11.5 Å². The molecule has 0 aliphatic rings. The van der Waals surface area contributed by atoms with Gasteiger partial charge >= 0.3 is 0 Å². The maximum absolute atomic E-state index is 9.96. The quantitative estimate of drug-likeness (QED) is 0.679. The number of aliphatic hydroxyl groups is 1. The highest BCUT2D eigenvalue weighted by atomic mass is 32.1. The maximum Gasteiger partial charge on any atom is 0.0917 e. The summed E-state index contributed by atoms with van der Waals surface area (Å²) in [7, 11) is 0. The molecule has 1 aromatic heterocycles. The summed E-state index contributed by atoms with van der Waals surface area (Å²) in [6.07, 6.45) is 9.47. The molecule has 1 unspecified atom stereocenters. The molecule has 0 amide bonds. The molecule has 0 radical (unpaired) electrons. The van der Waals surface area contributed by atoms with E-state index in [2.05, 4.69) is 16.5 Å². The number of aryl methyl sites for hydroxylation is 1. The standard InChI is InChI=1S/C13H24N2OS/c1-3-4-5-6-7-8-9-10-12(16)13-11(2)14-15-17-13/h12,16H,3-10H2,1-2H3. The van der Waals surface area contributed by atoms with Gasteiger partial charge < -0.3 is 5.11 Å². The zero-order valence-corrected chi connectivity index (χ0v) is 11.8. The first kappa shape index (κ1) is 14.6. The summed E-state index contributed by atoms with van der Waals surface area (Å²) in [5.74, 6) is 0. The molecule has 17 heavy (non-hydrogen) atoms. The Balaban J connectivity index is 2.05. The van der Waals surface area contributed by atoms with E-state index in [1.165, 1.54) is 50.1 Å². The molecule has 0 aromatic carbocycles. The van der Waals surface area contributed by atoms with Crippen molar-refractivity contribution in [3.8, 4) is 0 Å². The van der Waals surface area contributed by atoms with Gasteiger partial charge in [-0.2, -0.15) is 0 Å². The van der Waals surface area contributed by atoms with Crippen LogP contribution in [0.1, 0.15) is 75.0 Å². The molecule has 0 fully saturated rings. The Bertz CT molecular complexity index is 301. The van der Waals surface area contributed by atoms with Crippen molar-refractivity contribution in [1.29, 1.82) is 0 Å². The molecule has 0 saturated carbocycles. The summed E-state index contributed by atoms with van der Waals surface area (Å²) < 4.78 is 3.85. The summed E-state index contributed by atoms with van der Waals surface area (Å²) in [5, 5.41) is 13.9. The van der Waals surface area contributed by atoms with E-state index in [1.54, 1.807) is 0 Å². The number of unbranched alkanes of at least 4 members (excludes halogenated alkanes) is 6. The van der Waals surface area contributed by atoms with Crippen LogP contribution in [-0.2, 0) is 0 Å². The monoisotopic (exact) mass is 256 g/mol. The van der Waals surface area contributed by atoms with Gasteiger partial charge in [-0.3, -0.25) is 0 Å². The summed E-state index contributed by atoms with van der Waals surface area (Å²) in [5.41, 5.74) is 0.880. The first-order valence-electron chi connectivity index (χ1n) is 6.72. The van der Waals surface area contributed by atoms with Crippen LogP contribution in [0.2, 0.25) is 0 Å². The second-order valence-corrected chi connectivity index (χ2v) is 5.43. The molecule has 1 rings (SSSR count). The van der Waals surface area contributed by atoms with Crippen LogP contribution in [0, 0.1) is 6.92 Å². The highest BCUT2D eigenvalue weighted by Gasteiger charge is 2.13. The third-order valence-corrected chi connectivity index (χ3v) is 4.00. The Kier molecular flexibility index (Phi) is 7.37. The number of rotatable bonds is 9.